The van der Waals surface area contributed by atoms with Gasteiger partial charge in [-0.1, -0.05) is 6.92 Å². The molecule has 0 N–H and O–H groups in total. The molecular formula is C11H23NS. The fourth-order valence-electron chi connectivity index (χ4n) is 2.36. The van der Waals surface area contributed by atoms with Gasteiger partial charge in [0.15, 0.2) is 0 Å². The van der Waals surface area contributed by atoms with Crippen molar-refractivity contribution in [2.24, 2.45) is 0 Å². The van der Waals surface area contributed by atoms with E-state index in [-0.39, 0.29) is 0 Å². The van der Waals surface area contributed by atoms with Crippen LogP contribution in [0.2, 0.25) is 0 Å². The number of likely N-dealkylation sites (tertiary alicyclic amines) is 1. The van der Waals surface area contributed by atoms with Crippen LogP contribution in [0, 0.1) is 0 Å². The molecule has 13 heavy (non-hydrogen) atoms. The summed E-state index contributed by atoms with van der Waals surface area (Å²) in [4.78, 5) is 2.72. The molecule has 0 radical (unpaired) electrons. The highest BCUT2D eigenvalue weighted by Crippen LogP contribution is 2.25. The van der Waals surface area contributed by atoms with Crippen molar-refractivity contribution >= 4 is 11.8 Å². The molecule has 0 unspecified atom stereocenters. The van der Waals surface area contributed by atoms with Gasteiger partial charge in [-0.05, 0) is 51.2 Å². The third kappa shape index (κ3) is 3.17. The summed E-state index contributed by atoms with van der Waals surface area (Å²) in [6.07, 6.45) is 7.74. The number of thioether (sulfide) groups is 1. The summed E-state index contributed by atoms with van der Waals surface area (Å²) in [5, 5.41) is 0. The second kappa shape index (κ2) is 5.92. The van der Waals surface area contributed by atoms with Gasteiger partial charge in [0.05, 0.1) is 0 Å². The lowest BCUT2D eigenvalue weighted by Crippen LogP contribution is -2.35. The minimum Gasteiger partial charge on any atom is -0.298 e. The van der Waals surface area contributed by atoms with E-state index in [9.17, 15) is 0 Å². The maximum absolute atomic E-state index is 2.72. The molecule has 1 nitrogen and oxygen atoms in total. The Hall–Kier alpha value is 0.310. The molecule has 1 fully saturated rings. The molecule has 1 aliphatic rings. The second-order valence-electron chi connectivity index (χ2n) is 4.07. The zero-order chi connectivity index (χ0) is 9.68. The van der Waals surface area contributed by atoms with Crippen LogP contribution in [0.1, 0.15) is 39.5 Å². The monoisotopic (exact) mass is 201 g/mol. The molecule has 2 atom stereocenters. The van der Waals surface area contributed by atoms with E-state index in [2.05, 4.69) is 25.0 Å². The third-order valence-corrected chi connectivity index (χ3v) is 3.89. The Kier molecular flexibility index (Phi) is 5.18. The van der Waals surface area contributed by atoms with Gasteiger partial charge in [0.25, 0.3) is 0 Å². The molecule has 0 saturated carbocycles. The van der Waals surface area contributed by atoms with Gasteiger partial charge in [0.2, 0.25) is 0 Å². The van der Waals surface area contributed by atoms with E-state index < -0.39 is 0 Å². The molecule has 0 amide bonds. The summed E-state index contributed by atoms with van der Waals surface area (Å²) in [6.45, 7) is 6.03. The molecule has 0 bridgehead atoms. The fourth-order valence-corrected chi connectivity index (χ4v) is 2.78. The summed E-state index contributed by atoms with van der Waals surface area (Å²) < 4.78 is 0. The van der Waals surface area contributed by atoms with Crippen molar-refractivity contribution in [3.8, 4) is 0 Å². The highest BCUT2D eigenvalue weighted by atomic mass is 32.2. The van der Waals surface area contributed by atoms with Crippen molar-refractivity contribution in [2.45, 2.75) is 51.6 Å². The van der Waals surface area contributed by atoms with Crippen LogP contribution in [-0.2, 0) is 0 Å². The highest BCUT2D eigenvalue weighted by molar-refractivity contribution is 7.98. The molecule has 0 aromatic heterocycles. The Morgan fingerprint density at radius 1 is 1.38 bits per heavy atom. The molecule has 78 valence electrons. The Labute approximate surface area is 87.3 Å². The fraction of sp³-hybridized carbons (Fsp3) is 1.00. The quantitative estimate of drug-likeness (QED) is 0.629. The molecule has 1 heterocycles. The summed E-state index contributed by atoms with van der Waals surface area (Å²) in [5.41, 5.74) is 0. The minimum absolute atomic E-state index is 0.840. The number of hydrogen-bond donors (Lipinski definition) is 0. The van der Waals surface area contributed by atoms with Crippen molar-refractivity contribution in [3.05, 3.63) is 0 Å². The van der Waals surface area contributed by atoms with E-state index in [0.29, 0.717) is 0 Å². The van der Waals surface area contributed by atoms with E-state index in [0.717, 1.165) is 12.1 Å². The van der Waals surface area contributed by atoms with Crippen LogP contribution in [0.5, 0.6) is 0 Å². The summed E-state index contributed by atoms with van der Waals surface area (Å²) in [5.74, 6) is 1.32. The first-order valence-corrected chi connectivity index (χ1v) is 6.93. The molecule has 0 aliphatic carbocycles. The van der Waals surface area contributed by atoms with Crippen LogP contribution < -0.4 is 0 Å². The Bertz CT molecular complexity index is 138. The standard InChI is InChI=1S/C11H23NS/c1-4-11-7-6-10(2)12(11)8-5-9-13-3/h10-11H,4-9H2,1-3H3/t10-,11+/m1/s1. The van der Waals surface area contributed by atoms with Crippen LogP contribution in [0.4, 0.5) is 0 Å². The van der Waals surface area contributed by atoms with Crippen LogP contribution in [0.25, 0.3) is 0 Å². The van der Waals surface area contributed by atoms with Gasteiger partial charge in [-0.15, -0.1) is 0 Å². The highest BCUT2D eigenvalue weighted by Gasteiger charge is 2.28. The normalized spacial score (nSPS) is 29.8. The lowest BCUT2D eigenvalue weighted by atomic mass is 10.1. The summed E-state index contributed by atoms with van der Waals surface area (Å²) >= 11 is 1.97. The lowest BCUT2D eigenvalue weighted by molar-refractivity contribution is 0.200. The number of rotatable bonds is 5. The van der Waals surface area contributed by atoms with Crippen LogP contribution in [0.3, 0.4) is 0 Å². The topological polar surface area (TPSA) is 3.24 Å². The van der Waals surface area contributed by atoms with Crippen LogP contribution in [-0.4, -0.2) is 35.5 Å². The Morgan fingerprint density at radius 3 is 2.77 bits per heavy atom. The van der Waals surface area contributed by atoms with Crippen molar-refractivity contribution in [1.82, 2.24) is 4.90 Å². The van der Waals surface area contributed by atoms with Crippen LogP contribution >= 0.6 is 11.8 Å². The first-order chi connectivity index (χ1) is 6.29. The second-order valence-corrected chi connectivity index (χ2v) is 5.06. The zero-order valence-electron chi connectivity index (χ0n) is 9.25. The molecule has 1 aliphatic heterocycles. The lowest BCUT2D eigenvalue weighted by Gasteiger charge is -2.27. The van der Waals surface area contributed by atoms with Crippen molar-refractivity contribution < 1.29 is 0 Å². The Morgan fingerprint density at radius 2 is 2.15 bits per heavy atom. The largest absolute Gasteiger partial charge is 0.298 e. The van der Waals surface area contributed by atoms with E-state index in [1.165, 1.54) is 38.0 Å². The van der Waals surface area contributed by atoms with Gasteiger partial charge in [-0.2, -0.15) is 11.8 Å². The van der Waals surface area contributed by atoms with E-state index >= 15 is 0 Å². The first-order valence-electron chi connectivity index (χ1n) is 5.54. The maximum Gasteiger partial charge on any atom is 0.00960 e. The third-order valence-electron chi connectivity index (χ3n) is 3.19. The van der Waals surface area contributed by atoms with E-state index in [4.69, 9.17) is 0 Å². The number of hydrogen-bond acceptors (Lipinski definition) is 2. The molecule has 0 aromatic rings. The minimum atomic E-state index is 0.840. The van der Waals surface area contributed by atoms with Crippen molar-refractivity contribution in [2.75, 3.05) is 18.6 Å². The molecule has 1 rings (SSSR count). The van der Waals surface area contributed by atoms with Crippen molar-refractivity contribution in [3.63, 3.8) is 0 Å². The first kappa shape index (κ1) is 11.4. The molecule has 2 heteroatoms. The zero-order valence-corrected chi connectivity index (χ0v) is 10.1. The van der Waals surface area contributed by atoms with Gasteiger partial charge >= 0.3 is 0 Å². The smallest absolute Gasteiger partial charge is 0.00960 e. The van der Waals surface area contributed by atoms with Gasteiger partial charge in [-0.3, -0.25) is 4.90 Å². The predicted octanol–water partition coefficient (Wildman–Crippen LogP) is 3.00. The van der Waals surface area contributed by atoms with Gasteiger partial charge < -0.3 is 0 Å². The Balaban J connectivity index is 2.27. The van der Waals surface area contributed by atoms with Gasteiger partial charge in [0, 0.05) is 12.1 Å². The number of nitrogens with zero attached hydrogens (tertiary/aromatic N) is 1. The summed E-state index contributed by atoms with van der Waals surface area (Å²) in [6, 6.07) is 1.73. The average molecular weight is 201 g/mol. The van der Waals surface area contributed by atoms with Gasteiger partial charge in [-0.25, -0.2) is 0 Å². The molecular weight excluding hydrogens is 178 g/mol. The van der Waals surface area contributed by atoms with Gasteiger partial charge in [0.1, 0.15) is 0 Å². The van der Waals surface area contributed by atoms with Crippen molar-refractivity contribution in [1.29, 1.82) is 0 Å². The molecule has 1 saturated heterocycles. The molecule has 0 spiro atoms. The average Bonchev–Trinajstić information content (AvgIpc) is 2.48. The van der Waals surface area contributed by atoms with Crippen LogP contribution in [0.15, 0.2) is 0 Å². The SMILES string of the molecule is CC[C@H]1CC[C@@H](C)N1CCCSC. The van der Waals surface area contributed by atoms with E-state index in [1.807, 2.05) is 11.8 Å². The maximum atomic E-state index is 2.72. The summed E-state index contributed by atoms with van der Waals surface area (Å²) in [7, 11) is 0. The predicted molar refractivity (Wildman–Crippen MR) is 62.5 cm³/mol. The molecule has 0 aromatic carbocycles. The van der Waals surface area contributed by atoms with E-state index in [1.54, 1.807) is 0 Å².